The van der Waals surface area contributed by atoms with E-state index in [0.717, 1.165) is 0 Å². The standard InChI is InChI=1S/C5H4ClN5S/c1-12-5-9-3(6)11-4(10-5)7-2-8-11/h2H,1H3. The molecule has 0 aliphatic heterocycles. The van der Waals surface area contributed by atoms with E-state index < -0.39 is 0 Å². The second kappa shape index (κ2) is 2.87. The van der Waals surface area contributed by atoms with E-state index in [0.29, 0.717) is 10.9 Å². The van der Waals surface area contributed by atoms with E-state index >= 15 is 0 Å². The lowest BCUT2D eigenvalue weighted by Gasteiger charge is -1.96. The van der Waals surface area contributed by atoms with Crippen LogP contribution in [0.3, 0.4) is 0 Å². The van der Waals surface area contributed by atoms with Gasteiger partial charge in [-0.05, 0) is 17.9 Å². The Balaban J connectivity index is 2.75. The fraction of sp³-hybridized carbons (Fsp3) is 0.200. The van der Waals surface area contributed by atoms with Crippen LogP contribution in [-0.4, -0.2) is 30.8 Å². The van der Waals surface area contributed by atoms with Crippen LogP contribution in [0.15, 0.2) is 11.5 Å². The highest BCUT2D eigenvalue weighted by Gasteiger charge is 2.05. The molecule has 0 bridgehead atoms. The molecule has 0 saturated carbocycles. The zero-order chi connectivity index (χ0) is 8.55. The monoisotopic (exact) mass is 201 g/mol. The van der Waals surface area contributed by atoms with Gasteiger partial charge in [-0.15, -0.1) is 0 Å². The maximum absolute atomic E-state index is 5.78. The van der Waals surface area contributed by atoms with Gasteiger partial charge in [-0.2, -0.15) is 24.6 Å². The highest BCUT2D eigenvalue weighted by molar-refractivity contribution is 7.98. The molecule has 2 aromatic heterocycles. The van der Waals surface area contributed by atoms with Gasteiger partial charge in [-0.1, -0.05) is 11.8 Å². The molecule has 5 nitrogen and oxygen atoms in total. The summed E-state index contributed by atoms with van der Waals surface area (Å²) in [6, 6.07) is 0. The van der Waals surface area contributed by atoms with E-state index in [9.17, 15) is 0 Å². The largest absolute Gasteiger partial charge is 0.257 e. The summed E-state index contributed by atoms with van der Waals surface area (Å²) in [5.41, 5.74) is 0. The molecule has 2 rings (SSSR count). The number of halogens is 1. The lowest BCUT2D eigenvalue weighted by molar-refractivity contribution is 0.833. The number of hydrogen-bond acceptors (Lipinski definition) is 5. The smallest absolute Gasteiger partial charge is 0.197 e. The Morgan fingerprint density at radius 2 is 2.33 bits per heavy atom. The number of fused-ring (bicyclic) bond motifs is 1. The molecule has 2 heterocycles. The second-order valence-corrected chi connectivity index (χ2v) is 3.06. The fourth-order valence-electron chi connectivity index (χ4n) is 0.770. The van der Waals surface area contributed by atoms with Crippen LogP contribution in [0.1, 0.15) is 0 Å². The van der Waals surface area contributed by atoms with Gasteiger partial charge in [0.2, 0.25) is 5.28 Å². The predicted octanol–water partition coefficient (Wildman–Crippen LogP) is 0.895. The van der Waals surface area contributed by atoms with Gasteiger partial charge in [-0.3, -0.25) is 0 Å². The van der Waals surface area contributed by atoms with Gasteiger partial charge in [0.1, 0.15) is 6.33 Å². The first-order valence-corrected chi connectivity index (χ1v) is 4.69. The highest BCUT2D eigenvalue weighted by atomic mass is 35.5. The van der Waals surface area contributed by atoms with Gasteiger partial charge < -0.3 is 0 Å². The van der Waals surface area contributed by atoms with Gasteiger partial charge >= 0.3 is 0 Å². The molecule has 0 aliphatic rings. The van der Waals surface area contributed by atoms with Crippen molar-refractivity contribution in [3.63, 3.8) is 0 Å². The van der Waals surface area contributed by atoms with Crippen LogP contribution in [0.2, 0.25) is 5.28 Å². The van der Waals surface area contributed by atoms with Crippen molar-refractivity contribution in [2.75, 3.05) is 6.26 Å². The Bertz CT molecular complexity index is 413. The summed E-state index contributed by atoms with van der Waals surface area (Å²) < 4.78 is 1.38. The summed E-state index contributed by atoms with van der Waals surface area (Å²) >= 11 is 7.19. The summed E-state index contributed by atoms with van der Waals surface area (Å²) in [7, 11) is 0. The van der Waals surface area contributed by atoms with Gasteiger partial charge in [-0.25, -0.2) is 0 Å². The van der Waals surface area contributed by atoms with Crippen LogP contribution in [0.5, 0.6) is 0 Å². The molecule has 62 valence electrons. The van der Waals surface area contributed by atoms with E-state index in [1.807, 2.05) is 6.26 Å². The minimum Gasteiger partial charge on any atom is -0.197 e. The second-order valence-electron chi connectivity index (χ2n) is 1.95. The zero-order valence-electron chi connectivity index (χ0n) is 6.10. The third-order valence-electron chi connectivity index (χ3n) is 1.27. The molecule has 2 aromatic rings. The molecule has 0 aromatic carbocycles. The fourth-order valence-corrected chi connectivity index (χ4v) is 1.37. The van der Waals surface area contributed by atoms with Gasteiger partial charge in [0.25, 0.3) is 5.78 Å². The van der Waals surface area contributed by atoms with Gasteiger partial charge in [0.05, 0.1) is 0 Å². The third-order valence-corrected chi connectivity index (χ3v) is 2.06. The molecule has 0 atom stereocenters. The van der Waals surface area contributed by atoms with Gasteiger partial charge in [0.15, 0.2) is 5.16 Å². The van der Waals surface area contributed by atoms with Crippen LogP contribution in [0, 0.1) is 0 Å². The number of rotatable bonds is 1. The van der Waals surface area contributed by atoms with E-state index in [-0.39, 0.29) is 5.28 Å². The summed E-state index contributed by atoms with van der Waals surface area (Å²) in [5, 5.41) is 4.71. The van der Waals surface area contributed by atoms with Crippen molar-refractivity contribution in [2.24, 2.45) is 0 Å². The summed E-state index contributed by atoms with van der Waals surface area (Å²) in [6.07, 6.45) is 3.26. The molecule has 0 amide bonds. The Labute approximate surface area is 77.2 Å². The quantitative estimate of drug-likeness (QED) is 0.642. The number of nitrogens with zero attached hydrogens (tertiary/aromatic N) is 5. The van der Waals surface area contributed by atoms with E-state index in [2.05, 4.69) is 20.1 Å². The minimum atomic E-state index is 0.279. The molecule has 7 heteroatoms. The number of aromatic nitrogens is 5. The molecule has 0 unspecified atom stereocenters. The van der Waals surface area contributed by atoms with Crippen molar-refractivity contribution >= 4 is 29.1 Å². The topological polar surface area (TPSA) is 56.0 Å². The first-order valence-electron chi connectivity index (χ1n) is 3.08. The first-order chi connectivity index (χ1) is 5.81. The average molecular weight is 202 g/mol. The summed E-state index contributed by atoms with van der Waals surface area (Å²) in [5.74, 6) is 0.472. The number of hydrogen-bond donors (Lipinski definition) is 0. The molecule has 0 aliphatic carbocycles. The summed E-state index contributed by atoms with van der Waals surface area (Å²) in [6.45, 7) is 0. The third kappa shape index (κ3) is 1.12. The molecule has 0 radical (unpaired) electrons. The first kappa shape index (κ1) is 7.75. The molecular weight excluding hydrogens is 198 g/mol. The lowest BCUT2D eigenvalue weighted by atomic mass is 11.0. The van der Waals surface area contributed by atoms with Crippen molar-refractivity contribution in [3.05, 3.63) is 11.6 Å². The van der Waals surface area contributed by atoms with Crippen molar-refractivity contribution in [1.82, 2.24) is 24.6 Å². The van der Waals surface area contributed by atoms with Crippen molar-refractivity contribution in [1.29, 1.82) is 0 Å². The van der Waals surface area contributed by atoms with Crippen LogP contribution >= 0.6 is 23.4 Å². The Morgan fingerprint density at radius 1 is 1.50 bits per heavy atom. The van der Waals surface area contributed by atoms with Crippen molar-refractivity contribution < 1.29 is 0 Å². The van der Waals surface area contributed by atoms with Gasteiger partial charge in [0, 0.05) is 0 Å². The molecular formula is C5H4ClN5S. The Morgan fingerprint density at radius 3 is 3.08 bits per heavy atom. The molecule has 0 fully saturated rings. The van der Waals surface area contributed by atoms with E-state index in [4.69, 9.17) is 11.6 Å². The molecule has 0 spiro atoms. The van der Waals surface area contributed by atoms with E-state index in [1.54, 1.807) is 0 Å². The van der Waals surface area contributed by atoms with Crippen LogP contribution in [0.25, 0.3) is 5.78 Å². The zero-order valence-corrected chi connectivity index (χ0v) is 7.67. The predicted molar refractivity (Wildman–Crippen MR) is 45.4 cm³/mol. The van der Waals surface area contributed by atoms with Crippen LogP contribution in [0.4, 0.5) is 0 Å². The Kier molecular flexibility index (Phi) is 1.86. The van der Waals surface area contributed by atoms with Crippen LogP contribution < -0.4 is 0 Å². The molecule has 0 saturated heterocycles. The lowest BCUT2D eigenvalue weighted by Crippen LogP contribution is -1.97. The maximum atomic E-state index is 5.78. The molecule has 12 heavy (non-hydrogen) atoms. The minimum absolute atomic E-state index is 0.279. The van der Waals surface area contributed by atoms with Crippen molar-refractivity contribution in [2.45, 2.75) is 5.16 Å². The van der Waals surface area contributed by atoms with Crippen molar-refractivity contribution in [3.8, 4) is 0 Å². The Hall–Kier alpha value is -0.880. The normalized spacial score (nSPS) is 10.8. The summed E-state index contributed by atoms with van der Waals surface area (Å²) in [4.78, 5) is 11.9. The SMILES string of the molecule is CSc1nc(Cl)n2ncnc2n1. The van der Waals surface area contributed by atoms with Crippen LogP contribution in [-0.2, 0) is 0 Å². The highest BCUT2D eigenvalue weighted by Crippen LogP contribution is 2.12. The molecule has 0 N–H and O–H groups in total. The average Bonchev–Trinajstić information content (AvgIpc) is 2.52. The number of thioether (sulfide) groups is 1. The maximum Gasteiger partial charge on any atom is 0.257 e. The van der Waals surface area contributed by atoms with E-state index in [1.165, 1.54) is 22.6 Å².